The molecular formula is C80H50N2O2S. The number of nitrogens with zero attached hydrogens (tertiary/aromatic N) is 2. The Balaban J connectivity index is 0.951. The van der Waals surface area contributed by atoms with E-state index in [9.17, 15) is 0 Å². The van der Waals surface area contributed by atoms with Crippen molar-refractivity contribution in [3.05, 3.63) is 303 Å². The average molecular weight is 1100 g/mol. The summed E-state index contributed by atoms with van der Waals surface area (Å²) in [4.78, 5) is 4.93. The summed E-state index contributed by atoms with van der Waals surface area (Å²) in [5.74, 6) is 0. The van der Waals surface area contributed by atoms with Gasteiger partial charge in [0, 0.05) is 80.1 Å². The smallest absolute Gasteiger partial charge is 0.159 e. The first-order chi connectivity index (χ1) is 42.2. The lowest BCUT2D eigenvalue weighted by molar-refractivity contribution is 0.670. The van der Waals surface area contributed by atoms with Crippen molar-refractivity contribution in [3.63, 3.8) is 0 Å². The number of hydrogen-bond acceptors (Lipinski definition) is 5. The number of anilines is 6. The van der Waals surface area contributed by atoms with Gasteiger partial charge in [-0.1, -0.05) is 267 Å². The molecule has 3 heterocycles. The molecule has 17 aromatic rings. The summed E-state index contributed by atoms with van der Waals surface area (Å²) in [6.07, 6.45) is 0. The zero-order chi connectivity index (χ0) is 56.0. The maximum atomic E-state index is 7.32. The molecule has 5 heteroatoms. The molecule has 0 saturated carbocycles. The van der Waals surface area contributed by atoms with E-state index in [4.69, 9.17) is 8.83 Å². The molecule has 0 aliphatic rings. The minimum Gasteiger partial charge on any atom is -0.453 e. The highest BCUT2D eigenvalue weighted by atomic mass is 32.1. The van der Waals surface area contributed by atoms with Crippen LogP contribution in [0.1, 0.15) is 0 Å². The molecule has 85 heavy (non-hydrogen) atoms. The van der Waals surface area contributed by atoms with Crippen LogP contribution in [-0.2, 0) is 0 Å². The fourth-order valence-corrected chi connectivity index (χ4v) is 14.6. The van der Waals surface area contributed by atoms with Crippen LogP contribution in [0.15, 0.2) is 312 Å². The fourth-order valence-electron chi connectivity index (χ4n) is 13.3. The second-order valence-electron chi connectivity index (χ2n) is 21.8. The van der Waals surface area contributed by atoms with Crippen LogP contribution in [0.25, 0.3) is 130 Å². The summed E-state index contributed by atoms with van der Waals surface area (Å²) >= 11 is 1.87. The van der Waals surface area contributed by atoms with Crippen LogP contribution in [0.4, 0.5) is 34.1 Å². The Morgan fingerprint density at radius 2 is 0.553 bits per heavy atom. The number of thiophene rings is 1. The minimum atomic E-state index is 0.824. The van der Waals surface area contributed by atoms with Crippen molar-refractivity contribution in [2.75, 3.05) is 9.80 Å². The Bertz CT molecular complexity index is 5430. The van der Waals surface area contributed by atoms with Crippen molar-refractivity contribution < 1.29 is 8.83 Å². The lowest BCUT2D eigenvalue weighted by Crippen LogP contribution is -2.12. The van der Waals surface area contributed by atoms with Crippen molar-refractivity contribution in [3.8, 4) is 44.5 Å². The van der Waals surface area contributed by atoms with Gasteiger partial charge in [0.25, 0.3) is 0 Å². The van der Waals surface area contributed by atoms with Gasteiger partial charge in [0.05, 0.1) is 34.1 Å². The number of fused-ring (bicyclic) bond motifs is 13. The molecule has 0 N–H and O–H groups in total. The number of benzene rings is 14. The van der Waals surface area contributed by atoms with Crippen molar-refractivity contribution in [1.82, 2.24) is 0 Å². The molecule has 4 nitrogen and oxygen atoms in total. The van der Waals surface area contributed by atoms with Crippen LogP contribution in [0, 0.1) is 0 Å². The molecule has 0 aliphatic heterocycles. The predicted octanol–water partition coefficient (Wildman–Crippen LogP) is 23.8. The SMILES string of the molecule is c1ccc(-c2ccccc2N(c2cc3c(sc4cc(N(c5ccccc5-c5ccccc5)c5cccc6c5oc5c(-c7ccccc7)cccc56)c5ccccc5c43)c3ccccc23)c2cccc3c2oc2c(-c4ccccc4)cccc23)cc1. The van der Waals surface area contributed by atoms with Gasteiger partial charge >= 0.3 is 0 Å². The first kappa shape index (κ1) is 48.7. The quantitative estimate of drug-likeness (QED) is 0.137. The Kier molecular flexibility index (Phi) is 11.4. The van der Waals surface area contributed by atoms with Gasteiger partial charge in [0.15, 0.2) is 11.2 Å². The van der Waals surface area contributed by atoms with Gasteiger partial charge in [-0.15, -0.1) is 11.3 Å². The highest BCUT2D eigenvalue weighted by Gasteiger charge is 2.29. The number of rotatable bonds is 10. The van der Waals surface area contributed by atoms with Crippen LogP contribution < -0.4 is 9.80 Å². The van der Waals surface area contributed by atoms with E-state index in [-0.39, 0.29) is 0 Å². The molecule has 0 fully saturated rings. The van der Waals surface area contributed by atoms with Gasteiger partial charge in [-0.3, -0.25) is 0 Å². The third kappa shape index (κ3) is 7.82. The van der Waals surface area contributed by atoms with E-state index in [2.05, 4.69) is 313 Å². The summed E-state index contributed by atoms with van der Waals surface area (Å²) < 4.78 is 17.0. The topological polar surface area (TPSA) is 32.8 Å². The second kappa shape index (κ2) is 19.9. The van der Waals surface area contributed by atoms with E-state index in [0.717, 1.165) is 139 Å². The van der Waals surface area contributed by atoms with Crippen LogP contribution >= 0.6 is 11.3 Å². The molecule has 0 radical (unpaired) electrons. The molecule has 14 aromatic carbocycles. The fraction of sp³-hybridized carbons (Fsp3) is 0. The van der Waals surface area contributed by atoms with Crippen molar-refractivity contribution >= 4 is 131 Å². The maximum Gasteiger partial charge on any atom is 0.159 e. The monoisotopic (exact) mass is 1100 g/mol. The van der Waals surface area contributed by atoms with E-state index < -0.39 is 0 Å². The zero-order valence-electron chi connectivity index (χ0n) is 46.0. The van der Waals surface area contributed by atoms with Crippen molar-refractivity contribution in [2.24, 2.45) is 0 Å². The standard InChI is InChI=1S/C80H50N2O2S/c1-5-25-51(26-6-1)55-33-17-19-45-68(55)81(70-47-23-43-64-62-41-21-39-57(76(62)83-78(64)70)53-29-9-3-10-30-53)72-49-67-75-61-37-15-13-35-59(61)73(50-74(75)85-80(67)66-38-16-14-36-60(66)72)82(69-46-20-18-34-56(69)52-27-7-2-8-28-52)71-48-24-44-65-63-42-22-40-58(77(63)84-79(65)71)54-31-11-4-12-32-54/h1-50H. The van der Waals surface area contributed by atoms with Gasteiger partial charge in [-0.05, 0) is 64.0 Å². The van der Waals surface area contributed by atoms with Crippen LogP contribution in [0.5, 0.6) is 0 Å². The molecule has 0 bridgehead atoms. The Morgan fingerprint density at radius 1 is 0.224 bits per heavy atom. The molecule has 0 saturated heterocycles. The summed E-state index contributed by atoms with van der Waals surface area (Å²) in [5.41, 5.74) is 18.4. The number of furan rings is 2. The van der Waals surface area contributed by atoms with Gasteiger partial charge in [0.2, 0.25) is 0 Å². The van der Waals surface area contributed by atoms with Gasteiger partial charge in [-0.25, -0.2) is 0 Å². The zero-order valence-corrected chi connectivity index (χ0v) is 46.8. The average Bonchev–Trinajstić information content (AvgIpc) is 1.98. The van der Waals surface area contributed by atoms with E-state index in [1.165, 1.54) is 25.6 Å². The summed E-state index contributed by atoms with van der Waals surface area (Å²) in [6, 6.07) is 109. The van der Waals surface area contributed by atoms with Crippen LogP contribution in [0.3, 0.4) is 0 Å². The molecule has 0 amide bonds. The van der Waals surface area contributed by atoms with Gasteiger partial charge < -0.3 is 18.6 Å². The summed E-state index contributed by atoms with van der Waals surface area (Å²) in [5, 5.41) is 11.3. The largest absolute Gasteiger partial charge is 0.453 e. The molecule has 0 atom stereocenters. The van der Waals surface area contributed by atoms with E-state index >= 15 is 0 Å². The molecule has 17 rings (SSSR count). The molecule has 0 unspecified atom stereocenters. The Morgan fingerprint density at radius 3 is 1.04 bits per heavy atom. The van der Waals surface area contributed by atoms with E-state index in [0.29, 0.717) is 0 Å². The second-order valence-corrected chi connectivity index (χ2v) is 22.8. The van der Waals surface area contributed by atoms with Crippen LogP contribution in [0.2, 0.25) is 0 Å². The lowest BCUT2D eigenvalue weighted by atomic mass is 9.96. The van der Waals surface area contributed by atoms with Crippen molar-refractivity contribution in [1.29, 1.82) is 0 Å². The Hall–Kier alpha value is -11.0. The highest BCUT2D eigenvalue weighted by Crippen LogP contribution is 2.55. The van der Waals surface area contributed by atoms with Gasteiger partial charge in [0.1, 0.15) is 11.2 Å². The number of para-hydroxylation sites is 6. The molecule has 398 valence electrons. The normalized spacial score (nSPS) is 11.8. The Labute approximate surface area is 494 Å². The van der Waals surface area contributed by atoms with Gasteiger partial charge in [-0.2, -0.15) is 0 Å². The van der Waals surface area contributed by atoms with E-state index in [1.807, 2.05) is 11.3 Å². The maximum absolute atomic E-state index is 7.32. The molecule has 3 aromatic heterocycles. The first-order valence-electron chi connectivity index (χ1n) is 28.9. The number of hydrogen-bond donors (Lipinski definition) is 0. The first-order valence-corrected chi connectivity index (χ1v) is 29.7. The predicted molar refractivity (Wildman–Crippen MR) is 360 cm³/mol. The third-order valence-corrected chi connectivity index (χ3v) is 18.2. The minimum absolute atomic E-state index is 0.824. The summed E-state index contributed by atoms with van der Waals surface area (Å²) in [6.45, 7) is 0. The summed E-state index contributed by atoms with van der Waals surface area (Å²) in [7, 11) is 0. The van der Waals surface area contributed by atoms with Crippen molar-refractivity contribution in [2.45, 2.75) is 0 Å². The van der Waals surface area contributed by atoms with E-state index in [1.54, 1.807) is 0 Å². The molecule has 0 aliphatic carbocycles. The highest BCUT2D eigenvalue weighted by molar-refractivity contribution is 7.27. The lowest BCUT2D eigenvalue weighted by Gasteiger charge is -2.29. The van der Waals surface area contributed by atoms with Crippen LogP contribution in [-0.4, -0.2) is 0 Å². The molecule has 0 spiro atoms. The molecular weight excluding hydrogens is 1050 g/mol. The third-order valence-electron chi connectivity index (χ3n) is 17.0.